The van der Waals surface area contributed by atoms with Crippen LogP contribution in [0.15, 0.2) is 0 Å². The average molecular weight is 1280 g/mol. The molecule has 14 aliphatic rings. The lowest BCUT2D eigenvalue weighted by Gasteiger charge is -2.45. The Morgan fingerprint density at radius 1 is 0.0989 bits per heavy atom. The largest absolute Gasteiger partial charge is 0.0630 e. The van der Waals surface area contributed by atoms with E-state index in [0.29, 0.717) is 0 Å². The van der Waals surface area contributed by atoms with Gasteiger partial charge in [-0.1, -0.05) is 325 Å². The predicted molar refractivity (Wildman–Crippen MR) is 419 cm³/mol. The first-order valence-corrected chi connectivity index (χ1v) is 43.0. The van der Waals surface area contributed by atoms with Crippen molar-refractivity contribution in [2.75, 3.05) is 0 Å². The molecule has 546 valence electrons. The Labute approximate surface area is 581 Å². The zero-order chi connectivity index (χ0) is 68.1. The molecule has 14 saturated carbocycles. The zero-order valence-electron chi connectivity index (χ0n) is 68.1. The number of rotatable bonds is 0. The highest BCUT2D eigenvalue weighted by atomic mass is 14.5. The molecule has 7 spiro atoms. The summed E-state index contributed by atoms with van der Waals surface area (Å²) in [7, 11) is 0. The van der Waals surface area contributed by atoms with E-state index in [1.54, 1.807) is 180 Å². The number of hydrogen-bond donors (Lipinski definition) is 0. The molecule has 0 nitrogen and oxygen atoms in total. The molecule has 91 heavy (non-hydrogen) atoms. The Kier molecular flexibility index (Phi) is 49.2. The van der Waals surface area contributed by atoms with Crippen molar-refractivity contribution in [3.63, 3.8) is 0 Å². The van der Waals surface area contributed by atoms with Gasteiger partial charge in [-0.3, -0.25) is 0 Å². The van der Waals surface area contributed by atoms with E-state index in [4.69, 9.17) is 0 Å². The maximum absolute atomic E-state index is 2.17. The van der Waals surface area contributed by atoms with Gasteiger partial charge in [0.2, 0.25) is 0 Å². The summed E-state index contributed by atoms with van der Waals surface area (Å²) in [6.45, 7) is 45.5. The van der Waals surface area contributed by atoms with Gasteiger partial charge in [-0.15, -0.1) is 0 Å². The first-order valence-electron chi connectivity index (χ1n) is 43.0. The van der Waals surface area contributed by atoms with Crippen molar-refractivity contribution in [3.05, 3.63) is 0 Å². The molecule has 0 aliphatic heterocycles. The lowest BCUT2D eigenvalue weighted by molar-refractivity contribution is 0.0774. The highest BCUT2D eigenvalue weighted by Crippen LogP contribution is 2.56. The van der Waals surface area contributed by atoms with Crippen molar-refractivity contribution in [3.8, 4) is 0 Å². The molecule has 0 radical (unpaired) electrons. The molecule has 0 saturated heterocycles. The van der Waals surface area contributed by atoms with E-state index in [1.165, 1.54) is 180 Å². The Morgan fingerprint density at radius 3 is 0.209 bits per heavy atom. The molecule has 0 aromatic rings. The van der Waals surface area contributed by atoms with Crippen LogP contribution in [0.3, 0.4) is 0 Å². The lowest BCUT2D eigenvalue weighted by Crippen LogP contribution is -2.31. The molecule has 14 aliphatic carbocycles. The third kappa shape index (κ3) is 43.9. The van der Waals surface area contributed by atoms with Crippen LogP contribution in [0.5, 0.6) is 0 Å². The van der Waals surface area contributed by atoms with Gasteiger partial charge in [0.05, 0.1) is 0 Å². The van der Waals surface area contributed by atoms with Crippen LogP contribution in [0, 0.1) is 79.3 Å². The molecule has 0 unspecified atom stereocenters. The summed E-state index contributed by atoms with van der Waals surface area (Å²) in [6.07, 6.45) is 86.5. The van der Waals surface area contributed by atoms with Crippen LogP contribution in [0.1, 0.15) is 505 Å². The Morgan fingerprint density at radius 2 is 0.154 bits per heavy atom. The fourth-order valence-corrected chi connectivity index (χ4v) is 17.6. The molecule has 0 amide bonds. The molecular weight excluding hydrogens is 1090 g/mol. The molecule has 0 atom stereocenters. The molecule has 14 fully saturated rings. The van der Waals surface area contributed by atoms with Crippen molar-refractivity contribution in [2.24, 2.45) is 79.3 Å². The second kappa shape index (κ2) is 50.3. The van der Waals surface area contributed by atoms with Gasteiger partial charge in [0.1, 0.15) is 0 Å². The highest BCUT2D eigenvalue weighted by molar-refractivity contribution is 4.94. The van der Waals surface area contributed by atoms with Crippen LogP contribution in [-0.4, -0.2) is 0 Å². The molecule has 0 heterocycles. The molecule has 0 aromatic heterocycles. The standard InChI is InChI=1S/7C9H16.7C4H10/c1-2-6-9(5-1)7-3-4-8-9;6*1-2-5-9(6-3-1)7-4-8-9;7*1-4(2)3/h7*1-8H2;7*4H,1-3H3. The summed E-state index contributed by atoms with van der Waals surface area (Å²) in [5, 5.41) is 0. The lowest BCUT2D eigenvalue weighted by atomic mass is 9.61. The smallest absolute Gasteiger partial charge is 0.0297 e. The summed E-state index contributed by atoms with van der Waals surface area (Å²) in [6, 6.07) is 0. The van der Waals surface area contributed by atoms with Crippen molar-refractivity contribution >= 4 is 0 Å². The van der Waals surface area contributed by atoms with Crippen molar-refractivity contribution in [1.29, 1.82) is 0 Å². The van der Waals surface area contributed by atoms with E-state index in [2.05, 4.69) is 145 Å². The van der Waals surface area contributed by atoms with Crippen LogP contribution in [0.2, 0.25) is 0 Å². The topological polar surface area (TPSA) is 0 Å². The van der Waals surface area contributed by atoms with Gasteiger partial charge in [-0.25, -0.2) is 0 Å². The van der Waals surface area contributed by atoms with Gasteiger partial charge >= 0.3 is 0 Å². The fourth-order valence-electron chi connectivity index (χ4n) is 17.6. The van der Waals surface area contributed by atoms with Crippen molar-refractivity contribution in [2.45, 2.75) is 505 Å². The van der Waals surface area contributed by atoms with Crippen LogP contribution < -0.4 is 0 Å². The summed E-state index contributed by atoms with van der Waals surface area (Å²) in [5.41, 5.74) is 6.30. The maximum Gasteiger partial charge on any atom is -0.0297 e. The summed E-state index contributed by atoms with van der Waals surface area (Å²) >= 11 is 0. The highest BCUT2D eigenvalue weighted by Gasteiger charge is 2.41. The Bertz CT molecular complexity index is 1220. The quantitative estimate of drug-likeness (QED) is 0.227. The van der Waals surface area contributed by atoms with Crippen LogP contribution in [-0.2, 0) is 0 Å². The summed E-state index contributed by atoms with van der Waals surface area (Å²) < 4.78 is 0. The van der Waals surface area contributed by atoms with E-state index in [-0.39, 0.29) is 0 Å². The van der Waals surface area contributed by atoms with Crippen LogP contribution in [0.25, 0.3) is 0 Å². The molecule has 0 aromatic carbocycles. The molecule has 0 N–H and O–H groups in total. The zero-order valence-corrected chi connectivity index (χ0v) is 68.1. The minimum atomic E-state index is 0.833. The van der Waals surface area contributed by atoms with Crippen LogP contribution in [0.4, 0.5) is 0 Å². The fraction of sp³-hybridized carbons (Fsp3) is 1.00. The second-order valence-electron chi connectivity index (χ2n) is 39.5. The van der Waals surface area contributed by atoms with Crippen molar-refractivity contribution in [1.82, 2.24) is 0 Å². The van der Waals surface area contributed by atoms with Gasteiger partial charge in [0, 0.05) is 0 Å². The SMILES string of the molecule is C1CCC2(C1)CCCC2.C1CCC2(CC1)CCC2.C1CCC2(CC1)CCC2.C1CCC2(CC1)CCC2.C1CCC2(CC1)CCC2.C1CCC2(CC1)CCC2.C1CCC2(CC1)CCC2.CC(C)C.CC(C)C.CC(C)C.CC(C)C.CC(C)C.CC(C)C.CC(C)C. The first kappa shape index (κ1) is 89.0. The third-order valence-corrected chi connectivity index (χ3v) is 23.3. The third-order valence-electron chi connectivity index (χ3n) is 23.3. The first-order chi connectivity index (χ1) is 43.0. The molecular formula is C91H182. The van der Waals surface area contributed by atoms with Gasteiger partial charge < -0.3 is 0 Å². The van der Waals surface area contributed by atoms with Gasteiger partial charge in [0.25, 0.3) is 0 Å². The van der Waals surface area contributed by atoms with Crippen LogP contribution >= 0.6 is 0 Å². The van der Waals surface area contributed by atoms with E-state index in [0.717, 1.165) is 79.3 Å². The molecule has 0 heteroatoms. The Balaban J connectivity index is 0.000000498. The normalized spacial score (nSPS) is 24.9. The van der Waals surface area contributed by atoms with Gasteiger partial charge in [-0.05, 0) is 259 Å². The monoisotopic (exact) mass is 1280 g/mol. The number of hydrogen-bond acceptors (Lipinski definition) is 0. The summed E-state index contributed by atoms with van der Waals surface area (Å²) in [4.78, 5) is 0. The summed E-state index contributed by atoms with van der Waals surface area (Å²) in [5.74, 6) is 5.83. The van der Waals surface area contributed by atoms with Gasteiger partial charge in [-0.2, -0.15) is 0 Å². The average Bonchev–Trinajstić information content (AvgIpc) is 2.58. The molecule has 14 rings (SSSR count). The minimum absolute atomic E-state index is 0.833. The molecule has 0 bridgehead atoms. The van der Waals surface area contributed by atoms with E-state index < -0.39 is 0 Å². The predicted octanol–water partition coefficient (Wildman–Crippen LogP) is 33.5. The minimum Gasteiger partial charge on any atom is -0.0630 e. The van der Waals surface area contributed by atoms with Crippen molar-refractivity contribution < 1.29 is 0 Å². The van der Waals surface area contributed by atoms with E-state index >= 15 is 0 Å². The maximum atomic E-state index is 2.17. The van der Waals surface area contributed by atoms with Gasteiger partial charge in [0.15, 0.2) is 0 Å². The second-order valence-corrected chi connectivity index (χ2v) is 39.5. The van der Waals surface area contributed by atoms with E-state index in [9.17, 15) is 0 Å². The Hall–Kier alpha value is 0. The van der Waals surface area contributed by atoms with E-state index in [1.807, 2.05) is 0 Å².